The zero-order valence-corrected chi connectivity index (χ0v) is 11.5. The van der Waals surface area contributed by atoms with Gasteiger partial charge in [0.05, 0.1) is 5.56 Å². The van der Waals surface area contributed by atoms with E-state index in [1.807, 2.05) is 0 Å². The second-order valence-electron chi connectivity index (χ2n) is 5.18. The van der Waals surface area contributed by atoms with Crippen molar-refractivity contribution in [3.63, 3.8) is 0 Å². The van der Waals surface area contributed by atoms with Gasteiger partial charge in [-0.1, -0.05) is 0 Å². The molecule has 1 aliphatic rings. The third kappa shape index (κ3) is 3.31. The molecule has 0 bridgehead atoms. The van der Waals surface area contributed by atoms with Crippen LogP contribution in [0.4, 0.5) is 22.0 Å². The van der Waals surface area contributed by atoms with E-state index in [0.29, 0.717) is 12.8 Å². The molecule has 0 unspecified atom stereocenters. The van der Waals surface area contributed by atoms with Crippen LogP contribution in [0.3, 0.4) is 0 Å². The topological polar surface area (TPSA) is 52.3 Å². The van der Waals surface area contributed by atoms with Crippen molar-refractivity contribution in [2.45, 2.75) is 37.8 Å². The SMILES string of the molecule is NC(=O)c1cc2c(cc1OCC(F)(F)C(F)(F)F)CCCC2. The molecule has 0 saturated carbocycles. The molecule has 0 atom stereocenters. The number of hydrogen-bond donors (Lipinski definition) is 1. The summed E-state index contributed by atoms with van der Waals surface area (Å²) < 4.78 is 66.9. The van der Waals surface area contributed by atoms with Crippen molar-refractivity contribution in [2.75, 3.05) is 6.61 Å². The first-order valence-corrected chi connectivity index (χ1v) is 6.65. The summed E-state index contributed by atoms with van der Waals surface area (Å²) in [6, 6.07) is 2.75. The van der Waals surface area contributed by atoms with Gasteiger partial charge in [0.2, 0.25) is 0 Å². The number of amides is 1. The molecule has 0 aromatic heterocycles. The van der Waals surface area contributed by atoms with Gasteiger partial charge in [0, 0.05) is 0 Å². The van der Waals surface area contributed by atoms with E-state index in [1.54, 1.807) is 0 Å². The molecule has 0 fully saturated rings. The summed E-state index contributed by atoms with van der Waals surface area (Å²) in [4.78, 5) is 11.4. The van der Waals surface area contributed by atoms with E-state index in [2.05, 4.69) is 4.74 Å². The Morgan fingerprint density at radius 3 is 2.14 bits per heavy atom. The van der Waals surface area contributed by atoms with Crippen LogP contribution < -0.4 is 10.5 Å². The summed E-state index contributed by atoms with van der Waals surface area (Å²) in [6.45, 7) is -1.89. The van der Waals surface area contributed by atoms with Crippen molar-refractivity contribution in [1.82, 2.24) is 0 Å². The van der Waals surface area contributed by atoms with E-state index in [0.717, 1.165) is 24.0 Å². The molecule has 1 aliphatic carbocycles. The van der Waals surface area contributed by atoms with Crippen LogP contribution in [0.5, 0.6) is 5.75 Å². The molecule has 3 nitrogen and oxygen atoms in total. The highest BCUT2D eigenvalue weighted by atomic mass is 19.4. The molecule has 1 aromatic rings. The zero-order valence-electron chi connectivity index (χ0n) is 11.5. The molecular formula is C14H14F5NO2. The van der Waals surface area contributed by atoms with Gasteiger partial charge in [0.1, 0.15) is 5.75 Å². The number of hydrogen-bond acceptors (Lipinski definition) is 2. The average Bonchev–Trinajstić information content (AvgIpc) is 2.42. The van der Waals surface area contributed by atoms with Gasteiger partial charge in [-0.15, -0.1) is 0 Å². The molecular weight excluding hydrogens is 309 g/mol. The van der Waals surface area contributed by atoms with Gasteiger partial charge in [0.15, 0.2) is 6.61 Å². The summed E-state index contributed by atoms with van der Waals surface area (Å²) in [6.07, 6.45) is -2.57. The van der Waals surface area contributed by atoms with Gasteiger partial charge in [0.25, 0.3) is 5.91 Å². The van der Waals surface area contributed by atoms with Crippen molar-refractivity contribution < 1.29 is 31.5 Å². The maximum Gasteiger partial charge on any atom is 0.456 e. The van der Waals surface area contributed by atoms with Crippen LogP contribution in [-0.4, -0.2) is 24.6 Å². The third-order valence-corrected chi connectivity index (χ3v) is 3.53. The molecule has 1 amide bonds. The minimum Gasteiger partial charge on any atom is -0.486 e. The van der Waals surface area contributed by atoms with Crippen LogP contribution in [0.2, 0.25) is 0 Å². The summed E-state index contributed by atoms with van der Waals surface area (Å²) in [7, 11) is 0. The number of ether oxygens (including phenoxy) is 1. The Kier molecular flexibility index (Phi) is 4.30. The van der Waals surface area contributed by atoms with Crippen LogP contribution in [-0.2, 0) is 12.8 Å². The van der Waals surface area contributed by atoms with Crippen LogP contribution in [0, 0.1) is 0 Å². The second kappa shape index (κ2) is 5.73. The van der Waals surface area contributed by atoms with E-state index in [9.17, 15) is 26.7 Å². The summed E-state index contributed by atoms with van der Waals surface area (Å²) >= 11 is 0. The van der Waals surface area contributed by atoms with Crippen molar-refractivity contribution in [3.05, 3.63) is 28.8 Å². The first-order chi connectivity index (χ1) is 10.1. The molecule has 1 aromatic carbocycles. The van der Waals surface area contributed by atoms with Gasteiger partial charge in [-0.2, -0.15) is 22.0 Å². The molecule has 8 heteroatoms. The number of halogens is 5. The fraction of sp³-hybridized carbons (Fsp3) is 0.500. The zero-order chi connectivity index (χ0) is 16.5. The molecule has 0 spiro atoms. The molecule has 22 heavy (non-hydrogen) atoms. The van der Waals surface area contributed by atoms with Gasteiger partial charge >= 0.3 is 12.1 Å². The highest BCUT2D eigenvalue weighted by Crippen LogP contribution is 2.37. The second-order valence-corrected chi connectivity index (χ2v) is 5.18. The van der Waals surface area contributed by atoms with Gasteiger partial charge in [-0.05, 0) is 48.9 Å². The largest absolute Gasteiger partial charge is 0.486 e. The average molecular weight is 323 g/mol. The number of benzene rings is 1. The Morgan fingerprint density at radius 2 is 1.64 bits per heavy atom. The van der Waals surface area contributed by atoms with Crippen molar-refractivity contribution >= 4 is 5.91 Å². The minimum absolute atomic E-state index is 0.182. The lowest BCUT2D eigenvalue weighted by Gasteiger charge is -2.22. The molecule has 0 heterocycles. The fourth-order valence-corrected chi connectivity index (χ4v) is 2.33. The molecule has 0 radical (unpaired) electrons. The summed E-state index contributed by atoms with van der Waals surface area (Å²) in [5, 5.41) is 0. The van der Waals surface area contributed by atoms with Crippen molar-refractivity contribution in [2.24, 2.45) is 5.73 Å². The predicted molar refractivity (Wildman–Crippen MR) is 68.1 cm³/mol. The Balaban J connectivity index is 2.28. The summed E-state index contributed by atoms with van der Waals surface area (Å²) in [5.41, 5.74) is 6.58. The van der Waals surface area contributed by atoms with Crippen LogP contribution in [0.15, 0.2) is 12.1 Å². The predicted octanol–water partition coefficient (Wildman–Crippen LogP) is 3.24. The lowest BCUT2D eigenvalue weighted by atomic mass is 9.90. The number of nitrogens with two attached hydrogens (primary N) is 1. The lowest BCUT2D eigenvalue weighted by molar-refractivity contribution is -0.290. The van der Waals surface area contributed by atoms with Crippen LogP contribution >= 0.6 is 0 Å². The van der Waals surface area contributed by atoms with Crippen molar-refractivity contribution in [1.29, 1.82) is 0 Å². The standard InChI is InChI=1S/C14H14F5NO2/c15-13(16,14(17,18)19)7-22-11-6-9-4-2-1-3-8(9)5-10(11)12(20)21/h5-6H,1-4,7H2,(H2,20,21). The highest BCUT2D eigenvalue weighted by Gasteiger charge is 2.58. The molecule has 0 aliphatic heterocycles. The van der Waals surface area contributed by atoms with E-state index < -0.39 is 24.6 Å². The first kappa shape index (κ1) is 16.5. The lowest BCUT2D eigenvalue weighted by Crippen LogP contribution is -2.42. The van der Waals surface area contributed by atoms with E-state index in [-0.39, 0.29) is 11.3 Å². The smallest absolute Gasteiger partial charge is 0.456 e. The number of aryl methyl sites for hydroxylation is 2. The minimum atomic E-state index is -5.71. The molecule has 2 N–H and O–H groups in total. The Morgan fingerprint density at radius 1 is 1.09 bits per heavy atom. The molecule has 0 saturated heterocycles. The first-order valence-electron chi connectivity index (χ1n) is 6.65. The maximum atomic E-state index is 12.9. The fourth-order valence-electron chi connectivity index (χ4n) is 2.33. The normalized spacial score (nSPS) is 15.3. The van der Waals surface area contributed by atoms with Gasteiger partial charge in [-0.25, -0.2) is 0 Å². The number of alkyl halides is 5. The number of rotatable bonds is 4. The molecule has 2 rings (SSSR count). The number of carbonyl (C=O) groups is 1. The van der Waals surface area contributed by atoms with Crippen LogP contribution in [0.25, 0.3) is 0 Å². The van der Waals surface area contributed by atoms with Crippen LogP contribution in [0.1, 0.15) is 34.3 Å². The number of primary amides is 1. The monoisotopic (exact) mass is 323 g/mol. The van der Waals surface area contributed by atoms with E-state index in [4.69, 9.17) is 5.73 Å². The molecule has 122 valence electrons. The summed E-state index contributed by atoms with van der Waals surface area (Å²) in [5.74, 6) is -6.27. The van der Waals surface area contributed by atoms with E-state index in [1.165, 1.54) is 12.1 Å². The Hall–Kier alpha value is -1.86. The van der Waals surface area contributed by atoms with Gasteiger partial charge in [-0.3, -0.25) is 4.79 Å². The van der Waals surface area contributed by atoms with E-state index >= 15 is 0 Å². The quantitative estimate of drug-likeness (QED) is 0.865. The Labute approximate surface area is 123 Å². The Bertz CT molecular complexity index is 583. The highest BCUT2D eigenvalue weighted by molar-refractivity contribution is 5.96. The third-order valence-electron chi connectivity index (χ3n) is 3.53. The number of carbonyl (C=O) groups excluding carboxylic acids is 1. The van der Waals surface area contributed by atoms with Crippen molar-refractivity contribution in [3.8, 4) is 5.75 Å². The number of fused-ring (bicyclic) bond motifs is 1. The maximum absolute atomic E-state index is 12.9. The van der Waals surface area contributed by atoms with Gasteiger partial charge < -0.3 is 10.5 Å².